The molecule has 0 radical (unpaired) electrons. The summed E-state index contributed by atoms with van der Waals surface area (Å²) < 4.78 is 8.99. The number of hydrogen-bond acceptors (Lipinski definition) is 5. The Hall–Kier alpha value is -3.68. The molecule has 1 N–H and O–H groups in total. The Bertz CT molecular complexity index is 1070. The van der Waals surface area contributed by atoms with E-state index in [1.54, 1.807) is 25.3 Å². The van der Waals surface area contributed by atoms with E-state index in [9.17, 15) is 4.79 Å². The third kappa shape index (κ3) is 3.37. The summed E-state index contributed by atoms with van der Waals surface area (Å²) in [6.45, 7) is 1.17. The highest BCUT2D eigenvalue weighted by molar-refractivity contribution is 5.94. The molecule has 8 nitrogen and oxygen atoms in total. The lowest BCUT2D eigenvalue weighted by Gasteiger charge is -2.09. The SMILES string of the molecule is COc1cccc2c1ccn2CCNC(=O)c1cccc(-n2cnnn2)c1. The molecule has 0 aliphatic heterocycles. The third-order valence-corrected chi connectivity index (χ3v) is 4.35. The minimum absolute atomic E-state index is 0.140. The zero-order valence-electron chi connectivity index (χ0n) is 14.7. The van der Waals surface area contributed by atoms with Crippen molar-refractivity contribution in [2.24, 2.45) is 0 Å². The van der Waals surface area contributed by atoms with E-state index in [2.05, 4.69) is 25.4 Å². The van der Waals surface area contributed by atoms with Gasteiger partial charge in [-0.25, -0.2) is 4.68 Å². The van der Waals surface area contributed by atoms with E-state index < -0.39 is 0 Å². The molecule has 2 heterocycles. The van der Waals surface area contributed by atoms with E-state index >= 15 is 0 Å². The van der Waals surface area contributed by atoms with Gasteiger partial charge in [-0.1, -0.05) is 12.1 Å². The summed E-state index contributed by atoms with van der Waals surface area (Å²) in [6, 6.07) is 15.1. The molecule has 0 saturated carbocycles. The van der Waals surface area contributed by atoms with E-state index in [0.717, 1.165) is 22.3 Å². The maximum absolute atomic E-state index is 12.5. The van der Waals surface area contributed by atoms with Gasteiger partial charge >= 0.3 is 0 Å². The van der Waals surface area contributed by atoms with Gasteiger partial charge in [0.15, 0.2) is 0 Å². The van der Waals surface area contributed by atoms with Gasteiger partial charge in [-0.15, -0.1) is 5.10 Å². The first-order chi connectivity index (χ1) is 13.3. The highest BCUT2D eigenvalue weighted by Gasteiger charge is 2.09. The van der Waals surface area contributed by atoms with E-state index in [0.29, 0.717) is 18.7 Å². The van der Waals surface area contributed by atoms with Gasteiger partial charge in [0, 0.05) is 30.2 Å². The van der Waals surface area contributed by atoms with Crippen LogP contribution in [0.5, 0.6) is 5.75 Å². The maximum Gasteiger partial charge on any atom is 0.251 e. The number of amides is 1. The number of fused-ring (bicyclic) bond motifs is 1. The lowest BCUT2D eigenvalue weighted by Crippen LogP contribution is -2.27. The second-order valence-electron chi connectivity index (χ2n) is 5.96. The zero-order valence-corrected chi connectivity index (χ0v) is 14.7. The van der Waals surface area contributed by atoms with E-state index in [1.807, 2.05) is 36.5 Å². The fourth-order valence-electron chi connectivity index (χ4n) is 3.03. The van der Waals surface area contributed by atoms with Crippen LogP contribution in [0.1, 0.15) is 10.4 Å². The standard InChI is InChI=1S/C19H18N6O2/c1-27-18-7-3-6-17-16(18)8-10-24(17)11-9-20-19(26)14-4-2-5-15(12-14)25-13-21-22-23-25/h2-8,10,12-13H,9,11H2,1H3,(H,20,26). The highest BCUT2D eigenvalue weighted by Crippen LogP contribution is 2.26. The number of nitrogens with zero attached hydrogens (tertiary/aromatic N) is 5. The summed E-state index contributed by atoms with van der Waals surface area (Å²) in [5.74, 6) is 0.702. The van der Waals surface area contributed by atoms with Crippen molar-refractivity contribution in [2.45, 2.75) is 6.54 Å². The molecule has 0 unspecified atom stereocenters. The quantitative estimate of drug-likeness (QED) is 0.567. The summed E-state index contributed by atoms with van der Waals surface area (Å²) in [7, 11) is 1.66. The molecule has 27 heavy (non-hydrogen) atoms. The number of carbonyl (C=O) groups is 1. The molecule has 8 heteroatoms. The molecule has 4 rings (SSSR count). The average Bonchev–Trinajstić information content (AvgIpc) is 3.38. The van der Waals surface area contributed by atoms with Crippen LogP contribution in [0, 0.1) is 0 Å². The van der Waals surface area contributed by atoms with Gasteiger partial charge in [0.25, 0.3) is 5.91 Å². The van der Waals surface area contributed by atoms with Crippen molar-refractivity contribution in [1.82, 2.24) is 30.1 Å². The number of rotatable bonds is 6. The van der Waals surface area contributed by atoms with Gasteiger partial charge in [-0.2, -0.15) is 0 Å². The molecule has 0 saturated heterocycles. The van der Waals surface area contributed by atoms with Gasteiger partial charge in [0.05, 0.1) is 18.3 Å². The molecule has 0 spiro atoms. The monoisotopic (exact) mass is 362 g/mol. The predicted octanol–water partition coefficient (Wildman–Crippen LogP) is 2.06. The van der Waals surface area contributed by atoms with Crippen LogP contribution in [0.2, 0.25) is 0 Å². The number of aromatic nitrogens is 5. The van der Waals surface area contributed by atoms with Crippen molar-refractivity contribution in [3.05, 3.63) is 66.6 Å². The van der Waals surface area contributed by atoms with Gasteiger partial charge in [0.1, 0.15) is 12.1 Å². The van der Waals surface area contributed by atoms with Gasteiger partial charge < -0.3 is 14.6 Å². The number of carbonyl (C=O) groups excluding carboxylic acids is 1. The molecule has 0 atom stereocenters. The van der Waals surface area contributed by atoms with Crippen LogP contribution < -0.4 is 10.1 Å². The van der Waals surface area contributed by atoms with Crippen LogP contribution in [0.25, 0.3) is 16.6 Å². The molecule has 2 aromatic carbocycles. The fourth-order valence-corrected chi connectivity index (χ4v) is 3.03. The molecule has 1 amide bonds. The number of nitrogens with one attached hydrogen (secondary N) is 1. The van der Waals surface area contributed by atoms with Crippen LogP contribution in [-0.2, 0) is 6.54 Å². The van der Waals surface area contributed by atoms with E-state index in [1.165, 1.54) is 11.0 Å². The predicted molar refractivity (Wildman–Crippen MR) is 100.0 cm³/mol. The first-order valence-corrected chi connectivity index (χ1v) is 8.50. The average molecular weight is 362 g/mol. The number of benzene rings is 2. The van der Waals surface area contributed by atoms with Crippen molar-refractivity contribution >= 4 is 16.8 Å². The van der Waals surface area contributed by atoms with Crippen molar-refractivity contribution < 1.29 is 9.53 Å². The first-order valence-electron chi connectivity index (χ1n) is 8.50. The topological polar surface area (TPSA) is 86.9 Å². The number of methoxy groups -OCH3 is 1. The summed E-state index contributed by atoms with van der Waals surface area (Å²) in [5.41, 5.74) is 2.36. The highest BCUT2D eigenvalue weighted by atomic mass is 16.5. The van der Waals surface area contributed by atoms with Crippen molar-refractivity contribution in [1.29, 1.82) is 0 Å². The third-order valence-electron chi connectivity index (χ3n) is 4.35. The summed E-state index contributed by atoms with van der Waals surface area (Å²) in [4.78, 5) is 12.5. The normalized spacial score (nSPS) is 10.9. The maximum atomic E-state index is 12.5. The molecule has 0 fully saturated rings. The summed E-state index contributed by atoms with van der Waals surface area (Å²) in [6.07, 6.45) is 3.49. The Morgan fingerprint density at radius 3 is 2.89 bits per heavy atom. The molecule has 0 bridgehead atoms. The molecule has 4 aromatic rings. The molecule has 0 aliphatic rings. The molecular formula is C19H18N6O2. The van der Waals surface area contributed by atoms with Gasteiger partial charge in [-0.3, -0.25) is 4.79 Å². The smallest absolute Gasteiger partial charge is 0.251 e. The molecule has 2 aromatic heterocycles. The second-order valence-corrected chi connectivity index (χ2v) is 5.96. The Morgan fingerprint density at radius 2 is 2.07 bits per heavy atom. The van der Waals surface area contributed by atoms with Crippen LogP contribution in [0.3, 0.4) is 0 Å². The summed E-state index contributed by atoms with van der Waals surface area (Å²) in [5, 5.41) is 15.1. The Balaban J connectivity index is 1.43. The van der Waals surface area contributed by atoms with Crippen molar-refractivity contribution in [3.8, 4) is 11.4 Å². The second kappa shape index (κ2) is 7.28. The minimum atomic E-state index is -0.140. The van der Waals surface area contributed by atoms with Gasteiger partial charge in [-0.05, 0) is 46.8 Å². The molecule has 136 valence electrons. The van der Waals surface area contributed by atoms with Crippen molar-refractivity contribution in [3.63, 3.8) is 0 Å². The van der Waals surface area contributed by atoms with Crippen molar-refractivity contribution in [2.75, 3.05) is 13.7 Å². The first kappa shape index (κ1) is 16.8. The largest absolute Gasteiger partial charge is 0.496 e. The molecule has 0 aliphatic carbocycles. The number of ether oxygens (including phenoxy) is 1. The summed E-state index contributed by atoms with van der Waals surface area (Å²) >= 11 is 0. The Kier molecular flexibility index (Phi) is 4.52. The lowest BCUT2D eigenvalue weighted by atomic mass is 10.2. The van der Waals surface area contributed by atoms with E-state index in [-0.39, 0.29) is 5.91 Å². The number of hydrogen-bond donors (Lipinski definition) is 1. The van der Waals surface area contributed by atoms with Crippen LogP contribution in [0.15, 0.2) is 61.1 Å². The van der Waals surface area contributed by atoms with Crippen LogP contribution in [0.4, 0.5) is 0 Å². The van der Waals surface area contributed by atoms with E-state index in [4.69, 9.17) is 4.74 Å². The fraction of sp³-hybridized carbons (Fsp3) is 0.158. The lowest BCUT2D eigenvalue weighted by molar-refractivity contribution is 0.0952. The van der Waals surface area contributed by atoms with Crippen LogP contribution in [-0.4, -0.2) is 44.3 Å². The van der Waals surface area contributed by atoms with Crippen LogP contribution >= 0.6 is 0 Å². The molecular weight excluding hydrogens is 344 g/mol. The Labute approximate surface area is 155 Å². The van der Waals surface area contributed by atoms with Gasteiger partial charge in [0.2, 0.25) is 0 Å². The zero-order chi connectivity index (χ0) is 18.6. The minimum Gasteiger partial charge on any atom is -0.496 e. The number of tetrazole rings is 1. The Morgan fingerprint density at radius 1 is 1.19 bits per heavy atom.